The van der Waals surface area contributed by atoms with Gasteiger partial charge in [-0.25, -0.2) is 0 Å². The molecule has 2 rings (SSSR count). The molecule has 0 aliphatic heterocycles. The molecule has 0 bridgehead atoms. The molecule has 0 saturated carbocycles. The van der Waals surface area contributed by atoms with Crippen LogP contribution in [0.15, 0.2) is 39.7 Å². The van der Waals surface area contributed by atoms with Crippen LogP contribution in [0.4, 0.5) is 5.69 Å². The van der Waals surface area contributed by atoms with Gasteiger partial charge in [-0.1, -0.05) is 6.07 Å². The zero-order chi connectivity index (χ0) is 12.4. The number of benzene rings is 1. The van der Waals surface area contributed by atoms with E-state index in [2.05, 4.69) is 5.32 Å². The molecule has 7 heteroatoms. The number of rotatable bonds is 1. The SMILES string of the molecule is O=C([O-])C(=O)Nc1cccc2occc(=O)c12.[Na+]. The molecule has 1 N–H and O–H groups in total. The quantitative estimate of drug-likeness (QED) is 0.421. The van der Waals surface area contributed by atoms with Crippen LogP contribution in [-0.2, 0) is 9.59 Å². The van der Waals surface area contributed by atoms with Gasteiger partial charge in [0.25, 0.3) is 5.91 Å². The molecule has 1 amide bonds. The maximum absolute atomic E-state index is 11.6. The van der Waals surface area contributed by atoms with E-state index in [1.165, 1.54) is 30.5 Å². The largest absolute Gasteiger partial charge is 1.00 e. The van der Waals surface area contributed by atoms with Gasteiger partial charge in [0.2, 0.25) is 0 Å². The molecule has 0 radical (unpaired) electrons. The van der Waals surface area contributed by atoms with Crippen LogP contribution in [0.2, 0.25) is 0 Å². The van der Waals surface area contributed by atoms with E-state index < -0.39 is 11.9 Å². The van der Waals surface area contributed by atoms with Crippen LogP contribution in [-0.4, -0.2) is 11.9 Å². The van der Waals surface area contributed by atoms with Gasteiger partial charge in [0.1, 0.15) is 11.6 Å². The molecule has 1 aromatic heterocycles. The molecule has 0 spiro atoms. The molecule has 0 aliphatic rings. The van der Waals surface area contributed by atoms with Gasteiger partial charge in [0.05, 0.1) is 17.3 Å². The minimum Gasteiger partial charge on any atom is -0.540 e. The first-order valence-corrected chi connectivity index (χ1v) is 4.62. The van der Waals surface area contributed by atoms with Crippen LogP contribution >= 0.6 is 0 Å². The van der Waals surface area contributed by atoms with Crippen molar-refractivity contribution in [3.63, 3.8) is 0 Å². The summed E-state index contributed by atoms with van der Waals surface area (Å²) in [5.74, 6) is -3.19. The Labute approximate surface area is 123 Å². The third kappa shape index (κ3) is 2.79. The third-order valence-electron chi connectivity index (χ3n) is 2.12. The van der Waals surface area contributed by atoms with E-state index in [1.807, 2.05) is 0 Å². The number of nitrogens with one attached hydrogen (secondary N) is 1. The Morgan fingerprint density at radius 2 is 1.94 bits per heavy atom. The first kappa shape index (κ1) is 14.4. The summed E-state index contributed by atoms with van der Waals surface area (Å²) in [7, 11) is 0. The maximum atomic E-state index is 11.6. The van der Waals surface area contributed by atoms with E-state index >= 15 is 0 Å². The molecule has 1 aromatic carbocycles. The van der Waals surface area contributed by atoms with Gasteiger partial charge in [-0.2, -0.15) is 0 Å². The van der Waals surface area contributed by atoms with Crippen LogP contribution in [0, 0.1) is 0 Å². The Morgan fingerprint density at radius 3 is 2.61 bits per heavy atom. The summed E-state index contributed by atoms with van der Waals surface area (Å²) in [5.41, 5.74) is -0.0415. The van der Waals surface area contributed by atoms with Crippen LogP contribution in [0.1, 0.15) is 0 Å². The van der Waals surface area contributed by atoms with Crippen molar-refractivity contribution in [2.45, 2.75) is 0 Å². The molecular formula is C11H6NNaO5. The Hall–Kier alpha value is -1.63. The number of carbonyl (C=O) groups excluding carboxylic acids is 2. The van der Waals surface area contributed by atoms with Crippen molar-refractivity contribution in [3.05, 3.63) is 40.8 Å². The van der Waals surface area contributed by atoms with Crippen LogP contribution in [0.3, 0.4) is 0 Å². The van der Waals surface area contributed by atoms with Gasteiger partial charge in [0.15, 0.2) is 5.43 Å². The zero-order valence-corrected chi connectivity index (χ0v) is 11.4. The van der Waals surface area contributed by atoms with Crippen molar-refractivity contribution in [2.24, 2.45) is 0 Å². The van der Waals surface area contributed by atoms with Crippen molar-refractivity contribution in [1.29, 1.82) is 0 Å². The van der Waals surface area contributed by atoms with Gasteiger partial charge in [-0.3, -0.25) is 9.59 Å². The summed E-state index contributed by atoms with van der Waals surface area (Å²) in [6.45, 7) is 0. The molecule has 0 unspecified atom stereocenters. The van der Waals surface area contributed by atoms with Gasteiger partial charge in [-0.05, 0) is 12.1 Å². The Bertz CT molecular complexity index is 659. The predicted octanol–water partition coefficient (Wildman–Crippen LogP) is -3.51. The molecule has 2 aromatic rings. The Balaban J connectivity index is 0.00000162. The van der Waals surface area contributed by atoms with E-state index in [9.17, 15) is 19.5 Å². The summed E-state index contributed by atoms with van der Waals surface area (Å²) < 4.78 is 5.06. The smallest absolute Gasteiger partial charge is 0.540 e. The summed E-state index contributed by atoms with van der Waals surface area (Å²) in [5, 5.41) is 12.5. The van der Waals surface area contributed by atoms with Crippen molar-refractivity contribution >= 4 is 28.5 Å². The minimum absolute atomic E-state index is 0. The zero-order valence-electron chi connectivity index (χ0n) is 9.43. The van der Waals surface area contributed by atoms with Crippen molar-refractivity contribution in [1.82, 2.24) is 0 Å². The molecular weight excluding hydrogens is 249 g/mol. The van der Waals surface area contributed by atoms with E-state index in [1.54, 1.807) is 0 Å². The summed E-state index contributed by atoms with van der Waals surface area (Å²) in [4.78, 5) is 32.8. The summed E-state index contributed by atoms with van der Waals surface area (Å²) in [6, 6.07) is 5.64. The molecule has 0 fully saturated rings. The van der Waals surface area contributed by atoms with Crippen LogP contribution in [0.5, 0.6) is 0 Å². The second kappa shape index (κ2) is 5.81. The molecule has 0 atom stereocenters. The van der Waals surface area contributed by atoms with Gasteiger partial charge >= 0.3 is 29.6 Å². The Morgan fingerprint density at radius 1 is 1.22 bits per heavy atom. The standard InChI is InChI=1S/C11H7NO5.Na/c13-7-4-5-17-8-3-1-2-6(9(7)8)12-10(14)11(15)16;/h1-5H,(H,12,14)(H,15,16);/q;+1/p-1. The van der Waals surface area contributed by atoms with Crippen molar-refractivity contribution in [2.75, 3.05) is 5.32 Å². The summed E-state index contributed by atoms with van der Waals surface area (Å²) >= 11 is 0. The Kier molecular flexibility index (Phi) is 4.66. The molecule has 1 heterocycles. The average Bonchev–Trinajstić information content (AvgIpc) is 2.29. The molecule has 6 nitrogen and oxygen atoms in total. The van der Waals surface area contributed by atoms with E-state index in [0.29, 0.717) is 0 Å². The average molecular weight is 255 g/mol. The number of hydrogen-bond donors (Lipinski definition) is 1. The monoisotopic (exact) mass is 255 g/mol. The fourth-order valence-corrected chi connectivity index (χ4v) is 1.41. The number of carbonyl (C=O) groups is 2. The number of carboxylic acids is 1. The summed E-state index contributed by atoms with van der Waals surface area (Å²) in [6.07, 6.45) is 1.22. The van der Waals surface area contributed by atoms with Gasteiger partial charge in [-0.15, -0.1) is 0 Å². The second-order valence-corrected chi connectivity index (χ2v) is 3.21. The molecule has 0 saturated heterocycles. The third-order valence-corrected chi connectivity index (χ3v) is 2.12. The number of fused-ring (bicyclic) bond motifs is 1. The predicted molar refractivity (Wildman–Crippen MR) is 56.1 cm³/mol. The van der Waals surface area contributed by atoms with E-state index in [0.717, 1.165) is 0 Å². The van der Waals surface area contributed by atoms with Crippen LogP contribution < -0.4 is 45.4 Å². The number of hydrogen-bond acceptors (Lipinski definition) is 5. The maximum Gasteiger partial charge on any atom is 1.00 e. The first-order chi connectivity index (χ1) is 8.09. The molecule has 18 heavy (non-hydrogen) atoms. The fourth-order valence-electron chi connectivity index (χ4n) is 1.41. The first-order valence-electron chi connectivity index (χ1n) is 4.62. The van der Waals surface area contributed by atoms with Gasteiger partial charge in [0, 0.05) is 6.07 Å². The molecule has 86 valence electrons. The topological polar surface area (TPSA) is 99.4 Å². The number of amides is 1. The number of aliphatic carboxylic acids is 1. The normalized spacial score (nSPS) is 9.56. The van der Waals surface area contributed by atoms with Crippen molar-refractivity contribution in [3.8, 4) is 0 Å². The molecule has 0 aliphatic carbocycles. The second-order valence-electron chi connectivity index (χ2n) is 3.21. The van der Waals surface area contributed by atoms with Crippen molar-refractivity contribution < 1.29 is 48.7 Å². The van der Waals surface area contributed by atoms with E-state index in [-0.39, 0.29) is 51.6 Å². The number of carboxylic acid groups (broad SMARTS) is 1. The van der Waals surface area contributed by atoms with E-state index in [4.69, 9.17) is 4.42 Å². The van der Waals surface area contributed by atoms with Crippen LogP contribution in [0.25, 0.3) is 11.0 Å². The minimum atomic E-state index is -1.87. The number of anilines is 1. The van der Waals surface area contributed by atoms with Gasteiger partial charge < -0.3 is 19.6 Å². The fraction of sp³-hybridized carbons (Fsp3) is 0.